The molecule has 0 amide bonds. The number of benzene rings is 1. The number of hydrogen-bond donors (Lipinski definition) is 2. The predicted molar refractivity (Wildman–Crippen MR) is 97.0 cm³/mol. The van der Waals surface area contributed by atoms with Crippen molar-refractivity contribution < 1.29 is 9.47 Å². The van der Waals surface area contributed by atoms with Crippen LogP contribution < -0.4 is 11.1 Å². The number of nitrogens with two attached hydrogens (primary N) is 1. The molecule has 3 N–H and O–H groups in total. The highest BCUT2D eigenvalue weighted by molar-refractivity contribution is 14.0. The zero-order chi connectivity index (χ0) is 14.6. The van der Waals surface area contributed by atoms with Gasteiger partial charge in [0, 0.05) is 20.2 Å². The molecule has 0 aliphatic rings. The minimum Gasteiger partial charge on any atom is -0.383 e. The lowest BCUT2D eigenvalue weighted by atomic mass is 10.2. The van der Waals surface area contributed by atoms with E-state index in [2.05, 4.69) is 29.4 Å². The molecule has 120 valence electrons. The maximum absolute atomic E-state index is 5.73. The monoisotopic (exact) mass is 407 g/mol. The van der Waals surface area contributed by atoms with Crippen LogP contribution in [-0.4, -0.2) is 39.4 Å². The summed E-state index contributed by atoms with van der Waals surface area (Å²) in [7, 11) is 1.65. The maximum Gasteiger partial charge on any atom is 0.188 e. The van der Waals surface area contributed by atoms with Gasteiger partial charge in [-0.2, -0.15) is 0 Å². The molecule has 0 saturated heterocycles. The lowest BCUT2D eigenvalue weighted by molar-refractivity contribution is 0.0945. The Hall–Kier alpha value is -0.860. The van der Waals surface area contributed by atoms with E-state index in [1.807, 2.05) is 18.2 Å². The highest BCUT2D eigenvalue weighted by Gasteiger charge is 2.02. The van der Waals surface area contributed by atoms with Crippen LogP contribution in [0, 0.1) is 5.92 Å². The van der Waals surface area contributed by atoms with Crippen molar-refractivity contribution in [1.29, 1.82) is 0 Å². The Labute approximate surface area is 144 Å². The topological polar surface area (TPSA) is 68.9 Å². The second-order valence-corrected chi connectivity index (χ2v) is 4.75. The number of methoxy groups -OCH3 is 1. The molecule has 0 saturated carbocycles. The van der Waals surface area contributed by atoms with Crippen molar-refractivity contribution in [3.8, 4) is 0 Å². The summed E-state index contributed by atoms with van der Waals surface area (Å²) in [6.45, 7) is 5.34. The average molecular weight is 407 g/mol. The molecule has 1 aromatic carbocycles. The van der Waals surface area contributed by atoms with Crippen LogP contribution in [0.25, 0.3) is 0 Å². The molecule has 0 spiro atoms. The van der Waals surface area contributed by atoms with E-state index in [0.29, 0.717) is 44.8 Å². The Morgan fingerprint density at radius 3 is 2.71 bits per heavy atom. The van der Waals surface area contributed by atoms with Gasteiger partial charge in [0.1, 0.15) is 0 Å². The smallest absolute Gasteiger partial charge is 0.188 e. The molecule has 1 rings (SSSR count). The maximum atomic E-state index is 5.73. The number of nitrogens with one attached hydrogen (secondary N) is 1. The highest BCUT2D eigenvalue weighted by atomic mass is 127. The van der Waals surface area contributed by atoms with Crippen molar-refractivity contribution in [2.24, 2.45) is 16.6 Å². The van der Waals surface area contributed by atoms with Gasteiger partial charge in [-0.1, -0.05) is 37.3 Å². The van der Waals surface area contributed by atoms with Gasteiger partial charge in [0.25, 0.3) is 0 Å². The van der Waals surface area contributed by atoms with Crippen molar-refractivity contribution in [1.82, 2.24) is 5.32 Å². The van der Waals surface area contributed by atoms with Crippen LogP contribution in [0.2, 0.25) is 0 Å². The van der Waals surface area contributed by atoms with E-state index in [4.69, 9.17) is 15.2 Å². The molecule has 0 heterocycles. The summed E-state index contributed by atoms with van der Waals surface area (Å²) in [6.07, 6.45) is 0. The van der Waals surface area contributed by atoms with E-state index in [1.54, 1.807) is 7.11 Å². The molecule has 0 aliphatic heterocycles. The van der Waals surface area contributed by atoms with E-state index in [1.165, 1.54) is 5.56 Å². The summed E-state index contributed by atoms with van der Waals surface area (Å²) >= 11 is 0. The van der Waals surface area contributed by atoms with Gasteiger partial charge in [-0.3, -0.25) is 4.99 Å². The molecular formula is C15H26IN3O2. The Morgan fingerprint density at radius 1 is 1.33 bits per heavy atom. The molecule has 5 nitrogen and oxygen atoms in total. The zero-order valence-corrected chi connectivity index (χ0v) is 15.1. The third-order valence-corrected chi connectivity index (χ3v) is 2.70. The van der Waals surface area contributed by atoms with Crippen molar-refractivity contribution >= 4 is 29.9 Å². The van der Waals surface area contributed by atoms with Crippen molar-refractivity contribution in [2.45, 2.75) is 13.5 Å². The van der Waals surface area contributed by atoms with E-state index in [0.717, 1.165) is 0 Å². The van der Waals surface area contributed by atoms with Crippen LogP contribution in [0.3, 0.4) is 0 Å². The Bertz CT molecular complexity index is 388. The van der Waals surface area contributed by atoms with E-state index in [-0.39, 0.29) is 24.0 Å². The van der Waals surface area contributed by atoms with E-state index in [9.17, 15) is 0 Å². The van der Waals surface area contributed by atoms with Crippen molar-refractivity contribution in [3.63, 3.8) is 0 Å². The third-order valence-electron chi connectivity index (χ3n) is 2.70. The van der Waals surface area contributed by atoms with Gasteiger partial charge in [0.15, 0.2) is 5.96 Å². The molecule has 1 aromatic rings. The van der Waals surface area contributed by atoms with Crippen LogP contribution in [0.4, 0.5) is 0 Å². The number of nitrogens with zero attached hydrogens (tertiary/aromatic N) is 1. The quantitative estimate of drug-likeness (QED) is 0.285. The molecule has 0 bridgehead atoms. The van der Waals surface area contributed by atoms with Crippen LogP contribution in [0.1, 0.15) is 12.5 Å². The summed E-state index contributed by atoms with van der Waals surface area (Å²) in [6, 6.07) is 10.1. The highest BCUT2D eigenvalue weighted by Crippen LogP contribution is 2.03. The predicted octanol–water partition coefficient (Wildman–Crippen LogP) is 2.01. The average Bonchev–Trinajstić information content (AvgIpc) is 2.46. The summed E-state index contributed by atoms with van der Waals surface area (Å²) in [5.41, 5.74) is 6.91. The number of hydrogen-bond acceptors (Lipinski definition) is 3. The summed E-state index contributed by atoms with van der Waals surface area (Å²) < 4.78 is 10.6. The van der Waals surface area contributed by atoms with Gasteiger partial charge in [0.05, 0.1) is 19.8 Å². The first kappa shape index (κ1) is 20.1. The SMILES string of the molecule is COCCNC(N)=NCC(C)COCc1ccccc1.I. The summed E-state index contributed by atoms with van der Waals surface area (Å²) in [5.74, 6) is 0.790. The Balaban J connectivity index is 0.00000400. The van der Waals surface area contributed by atoms with Crippen molar-refractivity contribution in [2.75, 3.05) is 33.4 Å². The van der Waals surface area contributed by atoms with Crippen LogP contribution >= 0.6 is 24.0 Å². The lowest BCUT2D eigenvalue weighted by Gasteiger charge is -2.11. The van der Waals surface area contributed by atoms with E-state index >= 15 is 0 Å². The number of rotatable bonds is 9. The molecule has 21 heavy (non-hydrogen) atoms. The molecule has 1 atom stereocenters. The lowest BCUT2D eigenvalue weighted by Crippen LogP contribution is -2.34. The van der Waals surface area contributed by atoms with Crippen molar-refractivity contribution in [3.05, 3.63) is 35.9 Å². The van der Waals surface area contributed by atoms with Gasteiger partial charge >= 0.3 is 0 Å². The van der Waals surface area contributed by atoms with Crippen LogP contribution in [0.5, 0.6) is 0 Å². The zero-order valence-electron chi connectivity index (χ0n) is 12.7. The fourth-order valence-electron chi connectivity index (χ4n) is 1.60. The minimum atomic E-state index is 0. The standard InChI is InChI=1S/C15H25N3O2.HI/c1-13(10-18-15(16)17-8-9-19-2)11-20-12-14-6-4-3-5-7-14;/h3-7,13H,8-12H2,1-2H3,(H3,16,17,18);1H. The van der Waals surface area contributed by atoms with Crippen LogP contribution in [-0.2, 0) is 16.1 Å². The van der Waals surface area contributed by atoms with Gasteiger partial charge in [0.2, 0.25) is 0 Å². The first-order valence-corrected chi connectivity index (χ1v) is 6.86. The summed E-state index contributed by atoms with van der Waals surface area (Å²) in [5, 5.41) is 2.98. The van der Waals surface area contributed by atoms with E-state index < -0.39 is 0 Å². The number of guanidine groups is 1. The second-order valence-electron chi connectivity index (χ2n) is 4.75. The summed E-state index contributed by atoms with van der Waals surface area (Å²) in [4.78, 5) is 4.27. The molecule has 0 aromatic heterocycles. The molecule has 0 fully saturated rings. The number of aliphatic imine (C=N–C) groups is 1. The first-order chi connectivity index (χ1) is 9.72. The Kier molecular flexibility index (Phi) is 12.3. The molecule has 0 aliphatic carbocycles. The largest absolute Gasteiger partial charge is 0.383 e. The first-order valence-electron chi connectivity index (χ1n) is 6.86. The van der Waals surface area contributed by atoms with Gasteiger partial charge < -0.3 is 20.5 Å². The molecular weight excluding hydrogens is 381 g/mol. The molecule has 0 radical (unpaired) electrons. The van der Waals surface area contributed by atoms with Gasteiger partial charge in [-0.15, -0.1) is 24.0 Å². The molecule has 1 unspecified atom stereocenters. The van der Waals surface area contributed by atoms with Gasteiger partial charge in [-0.25, -0.2) is 0 Å². The second kappa shape index (κ2) is 12.8. The number of ether oxygens (including phenoxy) is 2. The fourth-order valence-corrected chi connectivity index (χ4v) is 1.60. The Morgan fingerprint density at radius 2 is 2.05 bits per heavy atom. The van der Waals surface area contributed by atoms with Crippen LogP contribution in [0.15, 0.2) is 35.3 Å². The number of halogens is 1. The molecule has 6 heteroatoms. The third kappa shape index (κ3) is 10.5. The normalized spacial score (nSPS) is 12.6. The minimum absolute atomic E-state index is 0. The van der Waals surface area contributed by atoms with Gasteiger partial charge in [-0.05, 0) is 11.5 Å². The fraction of sp³-hybridized carbons (Fsp3) is 0.533.